The SMILES string of the molecule is CCCCCOC(CCCCC)C(O)CO.OCCO. The average molecular weight is 294 g/mol. The van der Waals surface area contributed by atoms with Crippen molar-refractivity contribution >= 4 is 0 Å². The van der Waals surface area contributed by atoms with Gasteiger partial charge in [0.15, 0.2) is 0 Å². The third-order valence-electron chi connectivity index (χ3n) is 2.89. The molecule has 0 aliphatic heterocycles. The van der Waals surface area contributed by atoms with Crippen molar-refractivity contribution in [2.75, 3.05) is 26.4 Å². The van der Waals surface area contributed by atoms with Crippen LogP contribution >= 0.6 is 0 Å². The van der Waals surface area contributed by atoms with E-state index in [2.05, 4.69) is 13.8 Å². The molecular formula is C15H34O5. The highest BCUT2D eigenvalue weighted by Crippen LogP contribution is 2.11. The Morgan fingerprint density at radius 3 is 1.85 bits per heavy atom. The zero-order chi connectivity index (χ0) is 15.6. The second-order valence-corrected chi connectivity index (χ2v) is 4.81. The van der Waals surface area contributed by atoms with E-state index >= 15 is 0 Å². The van der Waals surface area contributed by atoms with Gasteiger partial charge in [-0.25, -0.2) is 0 Å². The van der Waals surface area contributed by atoms with Crippen molar-refractivity contribution in [3.05, 3.63) is 0 Å². The zero-order valence-electron chi connectivity index (χ0n) is 13.1. The predicted octanol–water partition coefficient (Wildman–Crippen LogP) is 1.47. The number of unbranched alkanes of at least 4 members (excludes halogenated alkanes) is 4. The maximum Gasteiger partial charge on any atom is 0.103 e. The van der Waals surface area contributed by atoms with Gasteiger partial charge in [-0.2, -0.15) is 0 Å². The fourth-order valence-corrected chi connectivity index (χ4v) is 1.69. The number of rotatable bonds is 12. The summed E-state index contributed by atoms with van der Waals surface area (Å²) in [5, 5.41) is 33.8. The largest absolute Gasteiger partial charge is 0.394 e. The van der Waals surface area contributed by atoms with Crippen molar-refractivity contribution in [1.29, 1.82) is 0 Å². The van der Waals surface area contributed by atoms with Crippen LogP contribution in [0, 0.1) is 0 Å². The number of hydrogen-bond acceptors (Lipinski definition) is 5. The maximum absolute atomic E-state index is 9.60. The molecule has 0 aromatic heterocycles. The molecule has 0 aromatic rings. The summed E-state index contributed by atoms with van der Waals surface area (Å²) in [6.45, 7) is 4.55. The van der Waals surface area contributed by atoms with Gasteiger partial charge in [-0.1, -0.05) is 46.0 Å². The molecule has 0 heterocycles. The van der Waals surface area contributed by atoms with Crippen LogP contribution in [0.25, 0.3) is 0 Å². The fourth-order valence-electron chi connectivity index (χ4n) is 1.69. The summed E-state index contributed by atoms with van der Waals surface area (Å²) in [6.07, 6.45) is 6.70. The van der Waals surface area contributed by atoms with E-state index in [0.29, 0.717) is 6.61 Å². The van der Waals surface area contributed by atoms with E-state index in [-0.39, 0.29) is 25.9 Å². The molecule has 2 atom stereocenters. The molecule has 5 nitrogen and oxygen atoms in total. The Morgan fingerprint density at radius 1 is 0.850 bits per heavy atom. The minimum atomic E-state index is -0.724. The number of aliphatic hydroxyl groups is 4. The molecule has 0 saturated carbocycles. The van der Waals surface area contributed by atoms with Crippen molar-refractivity contribution in [1.82, 2.24) is 0 Å². The van der Waals surface area contributed by atoms with E-state index in [4.69, 9.17) is 20.1 Å². The topological polar surface area (TPSA) is 90.2 Å². The lowest BCUT2D eigenvalue weighted by molar-refractivity contribution is -0.0629. The van der Waals surface area contributed by atoms with E-state index in [1.807, 2.05) is 0 Å². The van der Waals surface area contributed by atoms with Crippen LogP contribution in [0.2, 0.25) is 0 Å². The first-order valence-electron chi connectivity index (χ1n) is 7.80. The maximum atomic E-state index is 9.60. The highest BCUT2D eigenvalue weighted by Gasteiger charge is 2.18. The van der Waals surface area contributed by atoms with Gasteiger partial charge in [-0.3, -0.25) is 0 Å². The third-order valence-corrected chi connectivity index (χ3v) is 2.89. The van der Waals surface area contributed by atoms with Crippen LogP contribution in [0.5, 0.6) is 0 Å². The van der Waals surface area contributed by atoms with E-state index in [1.165, 1.54) is 6.42 Å². The van der Waals surface area contributed by atoms with Gasteiger partial charge in [0.05, 0.1) is 25.9 Å². The molecular weight excluding hydrogens is 260 g/mol. The van der Waals surface area contributed by atoms with Gasteiger partial charge in [0, 0.05) is 6.61 Å². The summed E-state index contributed by atoms with van der Waals surface area (Å²) in [6, 6.07) is 0. The minimum Gasteiger partial charge on any atom is -0.394 e. The number of hydrogen-bond donors (Lipinski definition) is 4. The quantitative estimate of drug-likeness (QED) is 0.409. The van der Waals surface area contributed by atoms with E-state index < -0.39 is 6.10 Å². The Morgan fingerprint density at radius 2 is 1.40 bits per heavy atom. The predicted molar refractivity (Wildman–Crippen MR) is 80.7 cm³/mol. The first-order valence-corrected chi connectivity index (χ1v) is 7.80. The van der Waals surface area contributed by atoms with Crippen LogP contribution in [0.3, 0.4) is 0 Å². The molecule has 0 aromatic carbocycles. The standard InChI is InChI=1S/C13H28O3.C2H6O2/c1-3-5-7-9-13(12(15)11-14)16-10-8-6-4-2;3-1-2-4/h12-15H,3-11H2,1-2H3;3-4H,1-2H2. The molecule has 0 rings (SSSR count). The van der Waals surface area contributed by atoms with Gasteiger partial charge >= 0.3 is 0 Å². The van der Waals surface area contributed by atoms with Crippen molar-refractivity contribution in [3.8, 4) is 0 Å². The third kappa shape index (κ3) is 15.9. The highest BCUT2D eigenvalue weighted by molar-refractivity contribution is 4.68. The first kappa shape index (κ1) is 22.1. The normalized spacial score (nSPS) is 13.5. The number of ether oxygens (including phenoxy) is 1. The van der Waals surface area contributed by atoms with Gasteiger partial charge in [-0.05, 0) is 12.8 Å². The average Bonchev–Trinajstić information content (AvgIpc) is 2.49. The monoisotopic (exact) mass is 294 g/mol. The van der Waals surface area contributed by atoms with E-state index in [0.717, 1.165) is 38.5 Å². The Kier molecular flexibility index (Phi) is 20.8. The van der Waals surface area contributed by atoms with Crippen LogP contribution in [0.1, 0.15) is 58.8 Å². The molecule has 5 heteroatoms. The Hall–Kier alpha value is -0.200. The molecule has 0 fully saturated rings. The molecule has 0 amide bonds. The zero-order valence-corrected chi connectivity index (χ0v) is 13.1. The molecule has 0 spiro atoms. The molecule has 2 unspecified atom stereocenters. The van der Waals surface area contributed by atoms with Crippen LogP contribution in [0.15, 0.2) is 0 Å². The smallest absolute Gasteiger partial charge is 0.103 e. The van der Waals surface area contributed by atoms with Crippen molar-refractivity contribution in [2.24, 2.45) is 0 Å². The Bertz CT molecular complexity index is 164. The summed E-state index contributed by atoms with van der Waals surface area (Å²) in [7, 11) is 0. The lowest BCUT2D eigenvalue weighted by Gasteiger charge is -2.22. The van der Waals surface area contributed by atoms with E-state index in [9.17, 15) is 5.11 Å². The summed E-state index contributed by atoms with van der Waals surface area (Å²) in [5.41, 5.74) is 0. The molecule has 4 N–H and O–H groups in total. The summed E-state index contributed by atoms with van der Waals surface area (Å²) in [4.78, 5) is 0. The molecule has 0 saturated heterocycles. The summed E-state index contributed by atoms with van der Waals surface area (Å²) < 4.78 is 5.63. The molecule has 0 aliphatic carbocycles. The molecule has 0 aliphatic rings. The second kappa shape index (κ2) is 18.8. The molecule has 0 bridgehead atoms. The first-order chi connectivity index (χ1) is 9.67. The van der Waals surface area contributed by atoms with Gasteiger partial charge in [0.25, 0.3) is 0 Å². The van der Waals surface area contributed by atoms with E-state index in [1.54, 1.807) is 0 Å². The number of aliphatic hydroxyl groups excluding tert-OH is 4. The fraction of sp³-hybridized carbons (Fsp3) is 1.00. The van der Waals surface area contributed by atoms with Crippen molar-refractivity contribution < 1.29 is 25.2 Å². The lowest BCUT2D eigenvalue weighted by atomic mass is 10.1. The summed E-state index contributed by atoms with van der Waals surface area (Å²) in [5.74, 6) is 0. The lowest BCUT2D eigenvalue weighted by Crippen LogP contribution is -2.32. The van der Waals surface area contributed by atoms with Gasteiger partial charge in [0.1, 0.15) is 6.10 Å². The second-order valence-electron chi connectivity index (χ2n) is 4.81. The molecule has 124 valence electrons. The highest BCUT2D eigenvalue weighted by atomic mass is 16.5. The van der Waals surface area contributed by atoms with Gasteiger partial charge in [-0.15, -0.1) is 0 Å². The Labute approximate surface area is 123 Å². The van der Waals surface area contributed by atoms with Crippen LogP contribution in [-0.2, 0) is 4.74 Å². The van der Waals surface area contributed by atoms with Crippen LogP contribution in [0.4, 0.5) is 0 Å². The molecule has 0 radical (unpaired) electrons. The van der Waals surface area contributed by atoms with Crippen LogP contribution < -0.4 is 0 Å². The Balaban J connectivity index is 0. The summed E-state index contributed by atoms with van der Waals surface area (Å²) >= 11 is 0. The van der Waals surface area contributed by atoms with Gasteiger partial charge < -0.3 is 25.2 Å². The van der Waals surface area contributed by atoms with Crippen molar-refractivity contribution in [2.45, 2.75) is 71.0 Å². The minimum absolute atomic E-state index is 0.125. The van der Waals surface area contributed by atoms with Crippen molar-refractivity contribution in [3.63, 3.8) is 0 Å². The molecule has 20 heavy (non-hydrogen) atoms. The van der Waals surface area contributed by atoms with Gasteiger partial charge in [0.2, 0.25) is 0 Å². The van der Waals surface area contributed by atoms with Crippen LogP contribution in [-0.4, -0.2) is 59.1 Å².